The van der Waals surface area contributed by atoms with Crippen LogP contribution < -0.4 is 21.4 Å². The lowest BCUT2D eigenvalue weighted by atomic mass is 10.2. The fraction of sp³-hybridized carbons (Fsp3) is 0.167. The third kappa shape index (κ3) is 16.3. The summed E-state index contributed by atoms with van der Waals surface area (Å²) >= 11 is 0. The highest BCUT2D eigenvalue weighted by molar-refractivity contribution is 7.80. The van der Waals surface area contributed by atoms with Gasteiger partial charge in [-0.2, -0.15) is 0 Å². The molecule has 0 unspecified atom stereocenters. The molecule has 0 bridgehead atoms. The van der Waals surface area contributed by atoms with Gasteiger partial charge < -0.3 is 9.11 Å². The lowest BCUT2D eigenvalue weighted by Gasteiger charge is -1.93. The maximum atomic E-state index is 10.3. The van der Waals surface area contributed by atoms with Crippen molar-refractivity contribution in [1.29, 1.82) is 0 Å². The van der Waals surface area contributed by atoms with Crippen molar-refractivity contribution in [2.75, 3.05) is 11.5 Å². The molecule has 0 spiro atoms. The van der Waals surface area contributed by atoms with Gasteiger partial charge in [0.05, 0.1) is 22.2 Å². The first-order valence-electron chi connectivity index (χ1n) is 7.44. The first-order valence-corrected chi connectivity index (χ1v) is 10.2. The van der Waals surface area contributed by atoms with Crippen molar-refractivity contribution in [3.8, 4) is 0 Å². The molecule has 32 heavy (non-hydrogen) atoms. The Morgan fingerprint density at radius 2 is 1.00 bits per heavy atom. The van der Waals surface area contributed by atoms with Gasteiger partial charge in [0.15, 0.2) is 0 Å². The van der Waals surface area contributed by atoms with Crippen LogP contribution in [0, 0.1) is 34.1 Å². The van der Waals surface area contributed by atoms with Crippen LogP contribution in [-0.4, -0.2) is 44.9 Å². The van der Waals surface area contributed by atoms with Crippen molar-refractivity contribution in [3.63, 3.8) is 0 Å². The summed E-state index contributed by atoms with van der Waals surface area (Å²) in [7, 11) is -9.83. The second-order valence-corrected chi connectivity index (χ2v) is 6.93. The van der Waals surface area contributed by atoms with Gasteiger partial charge >= 0.3 is 23.0 Å². The summed E-state index contributed by atoms with van der Waals surface area (Å²) < 4.78 is 65.7. The maximum absolute atomic E-state index is 10.3. The van der Waals surface area contributed by atoms with Crippen LogP contribution in [0.15, 0.2) is 24.5 Å². The summed E-state index contributed by atoms with van der Waals surface area (Å²) in [5.41, 5.74) is 11.7. The zero-order valence-corrected chi connectivity index (χ0v) is 17.8. The van der Waals surface area contributed by atoms with Crippen LogP contribution in [0.2, 0.25) is 0 Å². The summed E-state index contributed by atoms with van der Waals surface area (Å²) in [5, 5.41) is 20.7. The number of pyridine rings is 2. The number of H-pyrrole nitrogens is 2. The standard InChI is InChI=1S/2C6H7N3O2.2H2O4S/c2*1-4-2-3-8-6(7)5(4)9(10)11;2*1-5(2,3)4/h2*2-3H,1H3,(H2,7,8);2*(H2,1,2,3,4). The third-order valence-electron chi connectivity index (χ3n) is 2.77. The van der Waals surface area contributed by atoms with Crippen LogP contribution >= 0.6 is 0 Å². The molecule has 2 aromatic rings. The number of anilines is 2. The van der Waals surface area contributed by atoms with Gasteiger partial charge in [0.2, 0.25) is 20.8 Å². The van der Waals surface area contributed by atoms with Gasteiger partial charge in [0.25, 0.3) is 0 Å². The number of nitrogens with one attached hydrogen (secondary N) is 2. The highest BCUT2D eigenvalue weighted by Crippen LogP contribution is 2.20. The van der Waals surface area contributed by atoms with Crippen LogP contribution in [0.3, 0.4) is 0 Å². The molecule has 0 aliphatic heterocycles. The third-order valence-corrected chi connectivity index (χ3v) is 2.77. The summed E-state index contributed by atoms with van der Waals surface area (Å²) in [6.07, 6.45) is 3.13. The molecule has 0 atom stereocenters. The molecule has 0 saturated carbocycles. The van der Waals surface area contributed by atoms with E-state index in [0.29, 0.717) is 11.1 Å². The molecule has 18 nitrogen and oxygen atoms in total. The van der Waals surface area contributed by atoms with Gasteiger partial charge in [-0.3, -0.25) is 40.8 Å². The summed E-state index contributed by atoms with van der Waals surface area (Å²) in [6, 6.07) is 3.21. The number of hydrogen-bond acceptors (Lipinski definition) is 12. The smallest absolute Gasteiger partial charge is 0.359 e. The number of nitrogens with two attached hydrogens (primary N) is 2. The molecule has 2 aromatic heterocycles. The first kappa shape index (κ1) is 30.6. The average molecular weight is 502 g/mol. The Kier molecular flexibility index (Phi) is 12.4. The molecule has 0 amide bonds. The van der Waals surface area contributed by atoms with Crippen LogP contribution in [0.1, 0.15) is 11.1 Å². The Morgan fingerprint density at radius 1 is 0.781 bits per heavy atom. The SMILES string of the molecule is Cc1cc[nH+]c(N)c1[N+](=O)[O-].Cc1cc[nH+]c(N)c1[N+](=O)[O-].O=S(=O)([O-])O.O=S(=O)([O-])O. The van der Waals surface area contributed by atoms with E-state index in [0.717, 1.165) is 0 Å². The first-order chi connectivity index (χ1) is 14.3. The Morgan fingerprint density at radius 3 is 1.12 bits per heavy atom. The van der Waals surface area contributed by atoms with Gasteiger partial charge in [0.1, 0.15) is 0 Å². The largest absolute Gasteiger partial charge is 0.726 e. The number of hydrogen-bond donors (Lipinski definition) is 4. The lowest BCUT2D eigenvalue weighted by Crippen LogP contribution is -2.12. The Balaban J connectivity index is 0. The van der Waals surface area contributed by atoms with E-state index in [1.54, 1.807) is 38.4 Å². The topological polar surface area (TPSA) is 321 Å². The minimum atomic E-state index is -4.92. The zero-order valence-electron chi connectivity index (χ0n) is 16.2. The number of nitrogens with zero attached hydrogens (tertiary/aromatic N) is 2. The fourth-order valence-electron chi connectivity index (χ4n) is 1.72. The van der Waals surface area contributed by atoms with Gasteiger partial charge in [0, 0.05) is 11.1 Å². The Labute approximate surface area is 180 Å². The molecule has 2 heterocycles. The van der Waals surface area contributed by atoms with Crippen LogP contribution in [0.25, 0.3) is 0 Å². The van der Waals surface area contributed by atoms with Crippen molar-refractivity contribution < 1.29 is 54.9 Å². The number of nitro groups is 2. The van der Waals surface area contributed by atoms with Gasteiger partial charge in [-0.05, 0) is 26.0 Å². The predicted octanol–water partition coefficient (Wildman–Crippen LogP) is -1.39. The fourth-order valence-corrected chi connectivity index (χ4v) is 1.72. The van der Waals surface area contributed by atoms with Crippen molar-refractivity contribution in [3.05, 3.63) is 55.9 Å². The monoisotopic (exact) mass is 502 g/mol. The molecule has 20 heteroatoms. The molecule has 0 aliphatic rings. The normalized spacial score (nSPS) is 10.2. The molecular weight excluding hydrogens is 484 g/mol. The van der Waals surface area contributed by atoms with Crippen molar-refractivity contribution in [1.82, 2.24) is 0 Å². The Bertz CT molecular complexity index is 1010. The van der Waals surface area contributed by atoms with E-state index in [9.17, 15) is 20.2 Å². The molecular formula is C12H18N6O12S2. The summed E-state index contributed by atoms with van der Waals surface area (Å²) in [4.78, 5) is 24.8. The zero-order chi connectivity index (χ0) is 25.9. The van der Waals surface area contributed by atoms with E-state index in [-0.39, 0.29) is 23.0 Å². The quantitative estimate of drug-likeness (QED) is 0.159. The number of aromatic nitrogens is 2. The highest BCUT2D eigenvalue weighted by atomic mass is 32.3. The lowest BCUT2D eigenvalue weighted by molar-refractivity contribution is -0.409. The number of aryl methyl sites for hydroxylation is 2. The minimum absolute atomic E-state index is 0.0486. The van der Waals surface area contributed by atoms with Crippen molar-refractivity contribution >= 4 is 43.8 Å². The van der Waals surface area contributed by atoms with Crippen LogP contribution in [0.5, 0.6) is 0 Å². The molecule has 8 N–H and O–H groups in total. The van der Waals surface area contributed by atoms with Gasteiger partial charge in [-0.15, -0.1) is 0 Å². The summed E-state index contributed by atoms with van der Waals surface area (Å²) in [6.45, 7) is 3.28. The number of nitrogen functional groups attached to an aromatic ring is 2. The second kappa shape index (κ2) is 13.0. The van der Waals surface area contributed by atoms with Gasteiger partial charge in [-0.1, -0.05) is 0 Å². The predicted molar refractivity (Wildman–Crippen MR) is 102 cm³/mol. The van der Waals surface area contributed by atoms with Crippen LogP contribution in [0.4, 0.5) is 23.0 Å². The van der Waals surface area contributed by atoms with E-state index < -0.39 is 30.6 Å². The average Bonchev–Trinajstić information content (AvgIpc) is 2.51. The van der Waals surface area contributed by atoms with Crippen LogP contribution in [-0.2, 0) is 20.8 Å². The van der Waals surface area contributed by atoms with E-state index >= 15 is 0 Å². The van der Waals surface area contributed by atoms with E-state index in [4.69, 9.17) is 46.5 Å². The Hall–Kier alpha value is -3.56. The highest BCUT2D eigenvalue weighted by Gasteiger charge is 2.20. The van der Waals surface area contributed by atoms with Crippen molar-refractivity contribution in [2.45, 2.75) is 13.8 Å². The van der Waals surface area contributed by atoms with E-state index in [1.807, 2.05) is 0 Å². The molecule has 2 rings (SSSR count). The molecule has 0 aliphatic carbocycles. The van der Waals surface area contributed by atoms with Crippen molar-refractivity contribution in [2.24, 2.45) is 0 Å². The molecule has 0 fully saturated rings. The minimum Gasteiger partial charge on any atom is -0.726 e. The molecule has 180 valence electrons. The number of aromatic amines is 2. The van der Waals surface area contributed by atoms with E-state index in [1.165, 1.54) is 0 Å². The molecule has 0 aromatic carbocycles. The van der Waals surface area contributed by atoms with Gasteiger partial charge in [-0.25, -0.2) is 26.8 Å². The summed E-state index contributed by atoms with van der Waals surface area (Å²) in [5.74, 6) is 0.185. The second-order valence-electron chi connectivity index (χ2n) is 5.22. The number of rotatable bonds is 2. The molecule has 0 radical (unpaired) electrons. The molecule has 0 saturated heterocycles. The van der Waals surface area contributed by atoms with E-state index in [2.05, 4.69) is 9.97 Å². The maximum Gasteiger partial charge on any atom is 0.359 e.